The topological polar surface area (TPSA) is 32.3 Å². The van der Waals surface area contributed by atoms with Crippen LogP contribution < -0.4 is 5.32 Å². The van der Waals surface area contributed by atoms with Crippen LogP contribution in [0.5, 0.6) is 0 Å². The normalized spacial score (nSPS) is 15.6. The summed E-state index contributed by atoms with van der Waals surface area (Å²) in [7, 11) is 1.68. The summed E-state index contributed by atoms with van der Waals surface area (Å²) in [6.45, 7) is 2.29. The summed E-state index contributed by atoms with van der Waals surface area (Å²) in [6, 6.07) is 6.29. The molecule has 0 radical (unpaired) electrons. The monoisotopic (exact) mass is 282 g/mol. The van der Waals surface area contributed by atoms with Crippen LogP contribution in [0, 0.1) is 0 Å². The van der Waals surface area contributed by atoms with Gasteiger partial charge < -0.3 is 5.32 Å². The van der Waals surface area contributed by atoms with Crippen LogP contribution in [0.25, 0.3) is 0 Å². The number of fused-ring (bicyclic) bond motifs is 1. The van der Waals surface area contributed by atoms with Gasteiger partial charge in [-0.2, -0.15) is 0 Å². The smallest absolute Gasteiger partial charge is 0.233 e. The SMILES string of the molecule is CNC(=O)CN1CCc2cccc(Br)c2C1. The molecule has 1 aliphatic rings. The Bertz CT molecular complexity index is 406. The van der Waals surface area contributed by atoms with Gasteiger partial charge in [0.1, 0.15) is 0 Å². The summed E-state index contributed by atoms with van der Waals surface area (Å²) in [6.07, 6.45) is 1.02. The minimum atomic E-state index is 0.0792. The summed E-state index contributed by atoms with van der Waals surface area (Å²) in [5.74, 6) is 0.0792. The van der Waals surface area contributed by atoms with E-state index in [-0.39, 0.29) is 5.91 Å². The zero-order valence-corrected chi connectivity index (χ0v) is 10.9. The van der Waals surface area contributed by atoms with Crippen molar-refractivity contribution in [2.24, 2.45) is 0 Å². The molecule has 0 aromatic heterocycles. The molecule has 0 fully saturated rings. The molecule has 0 saturated carbocycles. The fraction of sp³-hybridized carbons (Fsp3) is 0.417. The molecule has 1 aromatic carbocycles. The van der Waals surface area contributed by atoms with Gasteiger partial charge in [0.25, 0.3) is 0 Å². The number of halogens is 1. The van der Waals surface area contributed by atoms with Gasteiger partial charge in [0.05, 0.1) is 6.54 Å². The molecule has 1 heterocycles. The van der Waals surface area contributed by atoms with Gasteiger partial charge in [0.2, 0.25) is 5.91 Å². The molecule has 0 unspecified atom stereocenters. The Balaban J connectivity index is 2.11. The van der Waals surface area contributed by atoms with Gasteiger partial charge in [-0.05, 0) is 23.6 Å². The van der Waals surface area contributed by atoms with E-state index < -0.39 is 0 Å². The van der Waals surface area contributed by atoms with E-state index in [1.165, 1.54) is 11.1 Å². The first-order valence-electron chi connectivity index (χ1n) is 5.40. The highest BCUT2D eigenvalue weighted by atomic mass is 79.9. The summed E-state index contributed by atoms with van der Waals surface area (Å²) in [5, 5.41) is 2.66. The van der Waals surface area contributed by atoms with Gasteiger partial charge in [0.15, 0.2) is 0 Å². The molecule has 1 amide bonds. The number of hydrogen-bond acceptors (Lipinski definition) is 2. The summed E-state index contributed by atoms with van der Waals surface area (Å²) >= 11 is 3.57. The molecule has 2 rings (SSSR count). The highest BCUT2D eigenvalue weighted by molar-refractivity contribution is 9.10. The third-order valence-corrected chi connectivity index (χ3v) is 3.68. The highest BCUT2D eigenvalue weighted by Gasteiger charge is 2.19. The van der Waals surface area contributed by atoms with Crippen LogP contribution in [0.3, 0.4) is 0 Å². The van der Waals surface area contributed by atoms with Crippen molar-refractivity contribution in [1.29, 1.82) is 0 Å². The second-order valence-corrected chi connectivity index (χ2v) is 4.87. The van der Waals surface area contributed by atoms with Crippen molar-refractivity contribution in [3.05, 3.63) is 33.8 Å². The number of likely N-dealkylation sites (N-methyl/N-ethyl adjacent to an activating group) is 1. The van der Waals surface area contributed by atoms with E-state index >= 15 is 0 Å². The second kappa shape index (κ2) is 4.97. The summed E-state index contributed by atoms with van der Waals surface area (Å²) in [4.78, 5) is 13.5. The van der Waals surface area contributed by atoms with Crippen LogP contribution >= 0.6 is 15.9 Å². The Morgan fingerprint density at radius 1 is 1.56 bits per heavy atom. The molecule has 86 valence electrons. The Morgan fingerprint density at radius 3 is 3.12 bits per heavy atom. The van der Waals surface area contributed by atoms with Crippen LogP contribution in [0.15, 0.2) is 22.7 Å². The maximum absolute atomic E-state index is 11.3. The first-order valence-corrected chi connectivity index (χ1v) is 6.19. The zero-order valence-electron chi connectivity index (χ0n) is 9.29. The Kier molecular flexibility index (Phi) is 3.61. The number of benzene rings is 1. The van der Waals surface area contributed by atoms with Crippen molar-refractivity contribution in [3.8, 4) is 0 Å². The maximum atomic E-state index is 11.3. The number of amides is 1. The summed E-state index contributed by atoms with van der Waals surface area (Å²) < 4.78 is 1.15. The lowest BCUT2D eigenvalue weighted by Gasteiger charge is -2.28. The predicted octanol–water partition coefficient (Wildman–Crippen LogP) is 1.55. The molecule has 1 aliphatic heterocycles. The first-order chi connectivity index (χ1) is 7.70. The van der Waals surface area contributed by atoms with Gasteiger partial charge in [0, 0.05) is 24.6 Å². The molecule has 16 heavy (non-hydrogen) atoms. The van der Waals surface area contributed by atoms with Crippen LogP contribution in [-0.2, 0) is 17.8 Å². The van der Waals surface area contributed by atoms with E-state index in [1.807, 2.05) is 0 Å². The van der Waals surface area contributed by atoms with Gasteiger partial charge in [-0.3, -0.25) is 9.69 Å². The van der Waals surface area contributed by atoms with Gasteiger partial charge >= 0.3 is 0 Å². The fourth-order valence-corrected chi connectivity index (χ4v) is 2.55. The van der Waals surface area contributed by atoms with E-state index in [2.05, 4.69) is 44.3 Å². The molecule has 0 aliphatic carbocycles. The van der Waals surface area contributed by atoms with Crippen molar-refractivity contribution in [2.75, 3.05) is 20.1 Å². The highest BCUT2D eigenvalue weighted by Crippen LogP contribution is 2.26. The van der Waals surface area contributed by atoms with Crippen molar-refractivity contribution in [1.82, 2.24) is 10.2 Å². The van der Waals surface area contributed by atoms with E-state index in [1.54, 1.807) is 7.05 Å². The molecule has 3 nitrogen and oxygen atoms in total. The lowest BCUT2D eigenvalue weighted by Crippen LogP contribution is -2.38. The minimum absolute atomic E-state index is 0.0792. The molecule has 0 atom stereocenters. The van der Waals surface area contributed by atoms with Gasteiger partial charge in [-0.1, -0.05) is 28.1 Å². The van der Waals surface area contributed by atoms with E-state index in [0.29, 0.717) is 6.54 Å². The van der Waals surface area contributed by atoms with Crippen molar-refractivity contribution >= 4 is 21.8 Å². The van der Waals surface area contributed by atoms with E-state index in [0.717, 1.165) is 24.0 Å². The Morgan fingerprint density at radius 2 is 2.38 bits per heavy atom. The third kappa shape index (κ3) is 2.44. The largest absolute Gasteiger partial charge is 0.358 e. The number of rotatable bonds is 2. The average molecular weight is 283 g/mol. The fourth-order valence-electron chi connectivity index (χ4n) is 2.01. The molecule has 4 heteroatoms. The standard InChI is InChI=1S/C12H15BrN2O/c1-14-12(16)8-15-6-5-9-3-2-4-11(13)10(9)7-15/h2-4H,5-8H2,1H3,(H,14,16). The quantitative estimate of drug-likeness (QED) is 0.893. The number of carbonyl (C=O) groups is 1. The molecule has 0 saturated heterocycles. The maximum Gasteiger partial charge on any atom is 0.233 e. The minimum Gasteiger partial charge on any atom is -0.358 e. The molecule has 0 bridgehead atoms. The van der Waals surface area contributed by atoms with Crippen molar-refractivity contribution < 1.29 is 4.79 Å². The van der Waals surface area contributed by atoms with E-state index in [4.69, 9.17) is 0 Å². The van der Waals surface area contributed by atoms with Crippen LogP contribution in [0.4, 0.5) is 0 Å². The third-order valence-electron chi connectivity index (χ3n) is 2.94. The molecule has 1 aromatic rings. The lowest BCUT2D eigenvalue weighted by atomic mass is 10.00. The van der Waals surface area contributed by atoms with Crippen molar-refractivity contribution in [2.45, 2.75) is 13.0 Å². The average Bonchev–Trinajstić information content (AvgIpc) is 2.30. The molecular weight excluding hydrogens is 268 g/mol. The molecule has 0 spiro atoms. The second-order valence-electron chi connectivity index (χ2n) is 4.01. The van der Waals surface area contributed by atoms with E-state index in [9.17, 15) is 4.79 Å². The molecule has 1 N–H and O–H groups in total. The van der Waals surface area contributed by atoms with Gasteiger partial charge in [-0.25, -0.2) is 0 Å². The van der Waals surface area contributed by atoms with Gasteiger partial charge in [-0.15, -0.1) is 0 Å². The van der Waals surface area contributed by atoms with Crippen LogP contribution in [-0.4, -0.2) is 30.9 Å². The molecular formula is C12H15BrN2O. The zero-order chi connectivity index (χ0) is 11.5. The Hall–Kier alpha value is -0.870. The predicted molar refractivity (Wildman–Crippen MR) is 67.2 cm³/mol. The van der Waals surface area contributed by atoms with Crippen molar-refractivity contribution in [3.63, 3.8) is 0 Å². The number of hydrogen-bond donors (Lipinski definition) is 1. The first kappa shape index (κ1) is 11.6. The van der Waals surface area contributed by atoms with Crippen LogP contribution in [0.1, 0.15) is 11.1 Å². The lowest BCUT2D eigenvalue weighted by molar-refractivity contribution is -0.121. The Labute approximate surface area is 104 Å². The van der Waals surface area contributed by atoms with Crippen LogP contribution in [0.2, 0.25) is 0 Å². The number of nitrogens with zero attached hydrogens (tertiary/aromatic N) is 1. The summed E-state index contributed by atoms with van der Waals surface area (Å²) in [5.41, 5.74) is 2.71. The number of carbonyl (C=O) groups excluding carboxylic acids is 1. The number of nitrogens with one attached hydrogen (secondary N) is 1.